The topological polar surface area (TPSA) is 47.3 Å². The molecule has 0 radical (unpaired) electrons. The molecule has 2 heterocycles. The van der Waals surface area contributed by atoms with Gasteiger partial charge in [0.15, 0.2) is 0 Å². The quantitative estimate of drug-likeness (QED) is 0.729. The molecule has 0 unspecified atom stereocenters. The molecule has 0 aromatic rings. The molecule has 0 spiro atoms. The van der Waals surface area contributed by atoms with E-state index < -0.39 is 0 Å². The Morgan fingerprint density at radius 1 is 1.11 bits per heavy atom. The summed E-state index contributed by atoms with van der Waals surface area (Å²) in [4.78, 5) is 16.9. The molecule has 2 aliphatic rings. The van der Waals surface area contributed by atoms with Crippen molar-refractivity contribution in [2.45, 2.75) is 44.9 Å². The summed E-state index contributed by atoms with van der Waals surface area (Å²) in [5.41, 5.74) is 0. The summed E-state index contributed by atoms with van der Waals surface area (Å²) in [6.45, 7) is 5.01. The number of carbonyl (C=O) groups is 1. The summed E-state index contributed by atoms with van der Waals surface area (Å²) < 4.78 is 0. The van der Waals surface area contributed by atoms with Crippen LogP contribution in [0.3, 0.4) is 0 Å². The van der Waals surface area contributed by atoms with Crippen LogP contribution in [0.1, 0.15) is 44.9 Å². The second-order valence-electron chi connectivity index (χ2n) is 5.76. The van der Waals surface area contributed by atoms with E-state index in [-0.39, 0.29) is 5.92 Å². The largest absolute Gasteiger partial charge is 0.342 e. The third-order valence-electron chi connectivity index (χ3n) is 4.37. The zero-order valence-corrected chi connectivity index (χ0v) is 11.8. The van der Waals surface area contributed by atoms with Crippen LogP contribution < -0.4 is 0 Å². The van der Waals surface area contributed by atoms with Crippen molar-refractivity contribution in [3.05, 3.63) is 0 Å². The van der Waals surface area contributed by atoms with Crippen LogP contribution in [0, 0.1) is 17.2 Å². The first kappa shape index (κ1) is 14.3. The van der Waals surface area contributed by atoms with E-state index in [0.717, 1.165) is 52.0 Å². The lowest BCUT2D eigenvalue weighted by Gasteiger charge is -2.35. The number of unbranched alkanes of at least 4 members (excludes halogenated alkanes) is 1. The predicted molar refractivity (Wildman–Crippen MR) is 74.4 cm³/mol. The molecule has 2 fully saturated rings. The Hall–Kier alpha value is -1.08. The Balaban J connectivity index is 1.70. The highest BCUT2D eigenvalue weighted by molar-refractivity contribution is 5.79. The maximum Gasteiger partial charge on any atom is 0.225 e. The number of hydrogen-bond donors (Lipinski definition) is 0. The number of nitrogens with zero attached hydrogens (tertiary/aromatic N) is 3. The molecule has 0 aromatic carbocycles. The summed E-state index contributed by atoms with van der Waals surface area (Å²) in [5.74, 6) is 0.654. The van der Waals surface area contributed by atoms with Gasteiger partial charge >= 0.3 is 0 Å². The fraction of sp³-hybridized carbons (Fsp3) is 0.867. The van der Waals surface area contributed by atoms with Gasteiger partial charge in [-0.15, -0.1) is 0 Å². The van der Waals surface area contributed by atoms with Crippen LogP contribution in [0.2, 0.25) is 0 Å². The Bertz CT molecular complexity index is 323. The summed E-state index contributed by atoms with van der Waals surface area (Å²) in [6.07, 6.45) is 7.25. The fourth-order valence-corrected chi connectivity index (χ4v) is 3.16. The average Bonchev–Trinajstić information content (AvgIpc) is 2.48. The first-order valence-electron chi connectivity index (χ1n) is 7.69. The lowest BCUT2D eigenvalue weighted by atomic mass is 9.94. The van der Waals surface area contributed by atoms with Gasteiger partial charge in [-0.1, -0.05) is 0 Å². The van der Waals surface area contributed by atoms with Crippen molar-refractivity contribution in [2.24, 2.45) is 5.92 Å². The van der Waals surface area contributed by atoms with Crippen LogP contribution in [-0.2, 0) is 4.79 Å². The Kier molecular flexibility index (Phi) is 5.65. The van der Waals surface area contributed by atoms with Crippen molar-refractivity contribution in [3.63, 3.8) is 0 Å². The van der Waals surface area contributed by atoms with Crippen LogP contribution in [0.4, 0.5) is 0 Å². The lowest BCUT2D eigenvalue weighted by Crippen LogP contribution is -2.44. The van der Waals surface area contributed by atoms with E-state index in [1.807, 2.05) is 0 Å². The molecule has 0 atom stereocenters. The van der Waals surface area contributed by atoms with Crippen molar-refractivity contribution < 1.29 is 4.79 Å². The minimum Gasteiger partial charge on any atom is -0.342 e. The molecular weight excluding hydrogens is 238 g/mol. The van der Waals surface area contributed by atoms with Gasteiger partial charge in [0, 0.05) is 25.4 Å². The molecule has 0 N–H and O–H groups in total. The van der Waals surface area contributed by atoms with Crippen LogP contribution in [0.25, 0.3) is 0 Å². The molecule has 4 heteroatoms. The normalized spacial score (nSPS) is 22.2. The zero-order valence-electron chi connectivity index (χ0n) is 11.8. The van der Waals surface area contributed by atoms with Crippen LogP contribution in [0.5, 0.6) is 0 Å². The fourth-order valence-electron chi connectivity index (χ4n) is 3.16. The molecule has 1 amide bonds. The molecule has 0 aromatic heterocycles. The van der Waals surface area contributed by atoms with Crippen molar-refractivity contribution in [1.29, 1.82) is 5.26 Å². The van der Waals surface area contributed by atoms with E-state index in [0.29, 0.717) is 12.3 Å². The molecule has 0 aliphatic carbocycles. The summed E-state index contributed by atoms with van der Waals surface area (Å²) in [5, 5.41) is 8.54. The van der Waals surface area contributed by atoms with E-state index in [1.54, 1.807) is 0 Å². The molecule has 2 rings (SSSR count). The number of amides is 1. The van der Waals surface area contributed by atoms with E-state index in [1.165, 1.54) is 19.3 Å². The summed E-state index contributed by atoms with van der Waals surface area (Å²) in [7, 11) is 0. The number of piperidine rings is 2. The van der Waals surface area contributed by atoms with Gasteiger partial charge in [-0.25, -0.2) is 0 Å². The highest BCUT2D eigenvalue weighted by Crippen LogP contribution is 2.22. The highest BCUT2D eigenvalue weighted by atomic mass is 16.2. The number of hydrogen-bond acceptors (Lipinski definition) is 3. The third kappa shape index (κ3) is 4.21. The Morgan fingerprint density at radius 2 is 1.79 bits per heavy atom. The molecule has 19 heavy (non-hydrogen) atoms. The minimum atomic E-state index is 0.255. The Labute approximate surface area is 116 Å². The number of likely N-dealkylation sites (tertiary alicyclic amines) is 2. The SMILES string of the molecule is N#CCCCN1CCC(C(=O)N2CCCCC2)CC1. The molecule has 106 valence electrons. The maximum atomic E-state index is 12.4. The van der Waals surface area contributed by atoms with E-state index in [2.05, 4.69) is 15.9 Å². The van der Waals surface area contributed by atoms with Crippen LogP contribution in [-0.4, -0.2) is 48.4 Å². The standard InChI is InChI=1S/C15H25N3O/c16-8-2-5-9-17-12-6-14(7-13-17)15(19)18-10-3-1-4-11-18/h14H,1-7,9-13H2. The summed E-state index contributed by atoms with van der Waals surface area (Å²) >= 11 is 0. The minimum absolute atomic E-state index is 0.255. The van der Waals surface area contributed by atoms with Gasteiger partial charge in [-0.2, -0.15) is 5.26 Å². The summed E-state index contributed by atoms with van der Waals surface area (Å²) in [6, 6.07) is 2.19. The van der Waals surface area contributed by atoms with Crippen LogP contribution in [0.15, 0.2) is 0 Å². The highest BCUT2D eigenvalue weighted by Gasteiger charge is 2.28. The van der Waals surface area contributed by atoms with Crippen molar-refractivity contribution in [3.8, 4) is 6.07 Å². The van der Waals surface area contributed by atoms with Gasteiger partial charge in [0.1, 0.15) is 0 Å². The molecule has 4 nitrogen and oxygen atoms in total. The second kappa shape index (κ2) is 7.49. The lowest BCUT2D eigenvalue weighted by molar-refractivity contribution is -0.138. The zero-order chi connectivity index (χ0) is 13.5. The second-order valence-corrected chi connectivity index (χ2v) is 5.76. The van der Waals surface area contributed by atoms with Gasteiger partial charge in [0.2, 0.25) is 5.91 Å². The smallest absolute Gasteiger partial charge is 0.225 e. The van der Waals surface area contributed by atoms with Crippen molar-refractivity contribution in [1.82, 2.24) is 9.80 Å². The molecule has 2 aliphatic heterocycles. The number of nitriles is 1. The average molecular weight is 263 g/mol. The van der Waals surface area contributed by atoms with Gasteiger partial charge in [0.05, 0.1) is 6.07 Å². The predicted octanol–water partition coefficient (Wildman–Crippen LogP) is 2.01. The van der Waals surface area contributed by atoms with Crippen molar-refractivity contribution in [2.75, 3.05) is 32.7 Å². The Morgan fingerprint density at radius 3 is 2.42 bits per heavy atom. The molecule has 0 saturated carbocycles. The molecule has 0 bridgehead atoms. The van der Waals surface area contributed by atoms with Gasteiger partial charge in [0.25, 0.3) is 0 Å². The van der Waals surface area contributed by atoms with Crippen LogP contribution >= 0.6 is 0 Å². The van der Waals surface area contributed by atoms with Gasteiger partial charge in [-0.05, 0) is 58.2 Å². The van der Waals surface area contributed by atoms with Crippen molar-refractivity contribution >= 4 is 5.91 Å². The van der Waals surface area contributed by atoms with E-state index in [4.69, 9.17) is 5.26 Å². The first-order valence-corrected chi connectivity index (χ1v) is 7.69. The number of carbonyl (C=O) groups excluding carboxylic acids is 1. The molecule has 2 saturated heterocycles. The maximum absolute atomic E-state index is 12.4. The molecular formula is C15H25N3O. The monoisotopic (exact) mass is 263 g/mol. The number of rotatable bonds is 4. The van der Waals surface area contributed by atoms with E-state index >= 15 is 0 Å². The third-order valence-corrected chi connectivity index (χ3v) is 4.37. The van der Waals surface area contributed by atoms with Gasteiger partial charge < -0.3 is 9.80 Å². The first-order chi connectivity index (χ1) is 9.31. The van der Waals surface area contributed by atoms with E-state index in [9.17, 15) is 4.79 Å². The van der Waals surface area contributed by atoms with Gasteiger partial charge in [-0.3, -0.25) is 4.79 Å².